The van der Waals surface area contributed by atoms with Crippen molar-refractivity contribution in [3.63, 3.8) is 0 Å². The average molecular weight is 113 g/mol. The lowest BCUT2D eigenvalue weighted by atomic mass is 10.2. The summed E-state index contributed by atoms with van der Waals surface area (Å²) in [4.78, 5) is 4.23. The van der Waals surface area contributed by atoms with Gasteiger partial charge in [0.15, 0.2) is 0 Å². The number of hydrogen-bond donors (Lipinski definition) is 0. The van der Waals surface area contributed by atoms with E-state index in [1.807, 2.05) is 0 Å². The average Bonchev–Trinajstić information content (AvgIpc) is 1.68. The van der Waals surface area contributed by atoms with Crippen LogP contribution in [0.25, 0.3) is 0 Å². The van der Waals surface area contributed by atoms with E-state index >= 15 is 0 Å². The number of hydrogen-bond acceptors (Lipinski definition) is 1. The summed E-state index contributed by atoms with van der Waals surface area (Å²) < 4.78 is 0. The van der Waals surface area contributed by atoms with E-state index in [1.165, 1.54) is 12.1 Å². The zero-order valence-electron chi connectivity index (χ0n) is 6.07. The van der Waals surface area contributed by atoms with Crippen LogP contribution in [0.2, 0.25) is 0 Å². The van der Waals surface area contributed by atoms with Crippen molar-refractivity contribution in [1.82, 2.24) is 0 Å². The van der Waals surface area contributed by atoms with E-state index in [9.17, 15) is 0 Å². The Kier molecular flexibility index (Phi) is 4.62. The topological polar surface area (TPSA) is 12.4 Å². The van der Waals surface area contributed by atoms with Gasteiger partial charge in [-0.1, -0.05) is 13.3 Å². The van der Waals surface area contributed by atoms with Crippen molar-refractivity contribution in [2.24, 2.45) is 4.99 Å². The van der Waals surface area contributed by atoms with Crippen LogP contribution in [-0.2, 0) is 0 Å². The molecule has 0 bridgehead atoms. The molecular weight excluding hydrogens is 98.1 g/mol. The van der Waals surface area contributed by atoms with Gasteiger partial charge in [-0.3, -0.25) is 4.99 Å². The summed E-state index contributed by atoms with van der Waals surface area (Å²) in [6, 6.07) is 0. The summed E-state index contributed by atoms with van der Waals surface area (Å²) >= 11 is 0. The summed E-state index contributed by atoms with van der Waals surface area (Å²) in [6.07, 6.45) is 2.38. The number of nitrogens with zero attached hydrogens (tertiary/aromatic N) is 1. The molecular formula is C7H15N. The Hall–Kier alpha value is -0.330. The molecule has 0 atom stereocenters. The van der Waals surface area contributed by atoms with Crippen LogP contribution >= 0.6 is 0 Å². The molecule has 0 radical (unpaired) electrons. The molecule has 0 fully saturated rings. The predicted molar refractivity (Wildman–Crippen MR) is 38.6 cm³/mol. The van der Waals surface area contributed by atoms with Crippen LogP contribution < -0.4 is 0 Å². The van der Waals surface area contributed by atoms with E-state index in [4.69, 9.17) is 0 Å². The first-order chi connectivity index (χ1) is 3.81. The summed E-state index contributed by atoms with van der Waals surface area (Å²) in [7, 11) is 0. The van der Waals surface area contributed by atoms with Crippen LogP contribution in [0.15, 0.2) is 4.99 Å². The Labute approximate surface area is 51.8 Å². The Balaban J connectivity index is 3.29. The lowest BCUT2D eigenvalue weighted by Crippen LogP contribution is -1.89. The van der Waals surface area contributed by atoms with Crippen molar-refractivity contribution in [2.45, 2.75) is 33.6 Å². The van der Waals surface area contributed by atoms with Gasteiger partial charge < -0.3 is 0 Å². The zero-order valence-corrected chi connectivity index (χ0v) is 6.07. The molecule has 0 aliphatic rings. The van der Waals surface area contributed by atoms with Crippen molar-refractivity contribution in [3.05, 3.63) is 0 Å². The van der Waals surface area contributed by atoms with Gasteiger partial charge in [0.05, 0.1) is 0 Å². The van der Waals surface area contributed by atoms with E-state index in [-0.39, 0.29) is 0 Å². The fourth-order valence-corrected chi connectivity index (χ4v) is 0.711. The molecule has 0 aromatic rings. The molecule has 0 unspecified atom stereocenters. The highest BCUT2D eigenvalue weighted by Crippen LogP contribution is 1.89. The largest absolute Gasteiger partial charge is 0.295 e. The SMILES string of the molecule is CCCC(C)=NCC. The van der Waals surface area contributed by atoms with Crippen LogP contribution in [0.1, 0.15) is 33.6 Å². The fourth-order valence-electron chi connectivity index (χ4n) is 0.711. The predicted octanol–water partition coefficient (Wildman–Crippen LogP) is 2.27. The van der Waals surface area contributed by atoms with Gasteiger partial charge in [0.1, 0.15) is 0 Å². The summed E-state index contributed by atoms with van der Waals surface area (Å²) in [5, 5.41) is 0. The molecule has 1 nitrogen and oxygen atoms in total. The zero-order chi connectivity index (χ0) is 6.41. The molecule has 0 aliphatic carbocycles. The smallest absolute Gasteiger partial charge is 0.0360 e. The Morgan fingerprint density at radius 3 is 2.38 bits per heavy atom. The third-order valence-corrected chi connectivity index (χ3v) is 1.04. The maximum absolute atomic E-state index is 4.23. The van der Waals surface area contributed by atoms with Gasteiger partial charge in [-0.2, -0.15) is 0 Å². The second-order valence-electron chi connectivity index (χ2n) is 1.96. The quantitative estimate of drug-likeness (QED) is 0.498. The first-order valence-electron chi connectivity index (χ1n) is 3.31. The van der Waals surface area contributed by atoms with E-state index in [2.05, 4.69) is 25.8 Å². The van der Waals surface area contributed by atoms with Crippen molar-refractivity contribution >= 4 is 5.71 Å². The minimum atomic E-state index is 0.936. The lowest BCUT2D eigenvalue weighted by molar-refractivity contribution is 0.971. The van der Waals surface area contributed by atoms with Gasteiger partial charge >= 0.3 is 0 Å². The maximum atomic E-state index is 4.23. The number of rotatable bonds is 3. The monoisotopic (exact) mass is 113 g/mol. The van der Waals surface area contributed by atoms with Gasteiger partial charge in [0.2, 0.25) is 0 Å². The van der Waals surface area contributed by atoms with E-state index in [1.54, 1.807) is 0 Å². The van der Waals surface area contributed by atoms with E-state index < -0.39 is 0 Å². The summed E-state index contributed by atoms with van der Waals surface area (Å²) in [5.74, 6) is 0. The van der Waals surface area contributed by atoms with Crippen LogP contribution in [0.5, 0.6) is 0 Å². The summed E-state index contributed by atoms with van der Waals surface area (Å²) in [6.45, 7) is 7.27. The first kappa shape index (κ1) is 7.67. The molecule has 0 aliphatic heterocycles. The molecule has 0 aromatic heterocycles. The molecule has 0 spiro atoms. The first-order valence-corrected chi connectivity index (χ1v) is 3.31. The van der Waals surface area contributed by atoms with Crippen LogP contribution in [-0.4, -0.2) is 12.3 Å². The van der Waals surface area contributed by atoms with Gasteiger partial charge in [-0.05, 0) is 20.3 Å². The third-order valence-electron chi connectivity index (χ3n) is 1.04. The van der Waals surface area contributed by atoms with Crippen molar-refractivity contribution < 1.29 is 0 Å². The summed E-state index contributed by atoms with van der Waals surface area (Å²) in [5.41, 5.74) is 1.29. The minimum Gasteiger partial charge on any atom is -0.295 e. The molecule has 0 heterocycles. The van der Waals surface area contributed by atoms with Crippen molar-refractivity contribution in [2.75, 3.05) is 6.54 Å². The Bertz CT molecular complexity index is 74.5. The second kappa shape index (κ2) is 4.82. The van der Waals surface area contributed by atoms with Crippen molar-refractivity contribution in [3.8, 4) is 0 Å². The maximum Gasteiger partial charge on any atom is 0.0360 e. The molecule has 1 heteroatoms. The van der Waals surface area contributed by atoms with E-state index in [0.29, 0.717) is 0 Å². The highest BCUT2D eigenvalue weighted by Gasteiger charge is 1.83. The normalized spacial score (nSPS) is 12.1. The molecule has 8 heavy (non-hydrogen) atoms. The Morgan fingerprint density at radius 1 is 1.38 bits per heavy atom. The van der Waals surface area contributed by atoms with Gasteiger partial charge in [-0.25, -0.2) is 0 Å². The fraction of sp³-hybridized carbons (Fsp3) is 0.857. The Morgan fingerprint density at radius 2 is 2.00 bits per heavy atom. The molecule has 0 saturated heterocycles. The van der Waals surface area contributed by atoms with Gasteiger partial charge in [0.25, 0.3) is 0 Å². The van der Waals surface area contributed by atoms with Crippen molar-refractivity contribution in [1.29, 1.82) is 0 Å². The number of aliphatic imine (C=N–C) groups is 1. The molecule has 0 amide bonds. The van der Waals surface area contributed by atoms with Crippen LogP contribution in [0.3, 0.4) is 0 Å². The highest BCUT2D eigenvalue weighted by molar-refractivity contribution is 5.81. The minimum absolute atomic E-state index is 0.936. The van der Waals surface area contributed by atoms with Crippen LogP contribution in [0, 0.1) is 0 Å². The molecule has 0 rings (SSSR count). The third kappa shape index (κ3) is 3.85. The molecule has 0 N–H and O–H groups in total. The molecule has 0 aromatic carbocycles. The van der Waals surface area contributed by atoms with Gasteiger partial charge in [-0.15, -0.1) is 0 Å². The molecule has 48 valence electrons. The van der Waals surface area contributed by atoms with E-state index in [0.717, 1.165) is 13.0 Å². The second-order valence-corrected chi connectivity index (χ2v) is 1.96. The van der Waals surface area contributed by atoms with Gasteiger partial charge in [0, 0.05) is 12.3 Å². The standard InChI is InChI=1S/C7H15N/c1-4-6-7(3)8-5-2/h4-6H2,1-3H3. The lowest BCUT2D eigenvalue weighted by Gasteiger charge is -1.92. The highest BCUT2D eigenvalue weighted by atomic mass is 14.7. The van der Waals surface area contributed by atoms with Crippen LogP contribution in [0.4, 0.5) is 0 Å². The molecule has 0 saturated carbocycles.